The highest BCUT2D eigenvalue weighted by atomic mass is 32.1. The number of carbonyl (C=O) groups excluding carboxylic acids is 1. The van der Waals surface area contributed by atoms with E-state index in [2.05, 4.69) is 25.8 Å². The lowest BCUT2D eigenvalue weighted by atomic mass is 10.2. The van der Waals surface area contributed by atoms with Gasteiger partial charge < -0.3 is 5.32 Å². The van der Waals surface area contributed by atoms with Gasteiger partial charge in [0.1, 0.15) is 17.9 Å². The van der Waals surface area contributed by atoms with Gasteiger partial charge in [0, 0.05) is 11.6 Å². The van der Waals surface area contributed by atoms with Gasteiger partial charge in [0.25, 0.3) is 0 Å². The summed E-state index contributed by atoms with van der Waals surface area (Å²) in [7, 11) is 0. The maximum atomic E-state index is 11.7. The van der Waals surface area contributed by atoms with Gasteiger partial charge in [-0.05, 0) is 16.8 Å². The third-order valence-electron chi connectivity index (χ3n) is 2.19. The normalized spacial score (nSPS) is 12.3. The Hall–Kier alpha value is -1.83. The molecule has 2 aromatic rings. The van der Waals surface area contributed by atoms with Crippen LogP contribution in [0.1, 0.15) is 24.4 Å². The van der Waals surface area contributed by atoms with Crippen LogP contribution < -0.4 is 5.32 Å². The first-order valence-corrected chi connectivity index (χ1v) is 6.07. The van der Waals surface area contributed by atoms with Crippen LogP contribution in [0.5, 0.6) is 0 Å². The van der Waals surface area contributed by atoms with Crippen molar-refractivity contribution >= 4 is 17.2 Å². The molecule has 1 atom stereocenters. The van der Waals surface area contributed by atoms with E-state index in [0.29, 0.717) is 0 Å². The molecule has 0 aliphatic heterocycles. The van der Waals surface area contributed by atoms with Crippen LogP contribution in [0.4, 0.5) is 0 Å². The number of tetrazole rings is 1. The van der Waals surface area contributed by atoms with Crippen LogP contribution in [0.25, 0.3) is 0 Å². The molecule has 2 heterocycles. The first-order chi connectivity index (χ1) is 8.29. The first kappa shape index (κ1) is 11.6. The molecule has 2 aromatic heterocycles. The molecule has 0 bridgehead atoms. The van der Waals surface area contributed by atoms with Crippen LogP contribution in [0, 0.1) is 0 Å². The van der Waals surface area contributed by atoms with Crippen molar-refractivity contribution in [3.63, 3.8) is 0 Å². The lowest BCUT2D eigenvalue weighted by Gasteiger charge is -2.13. The van der Waals surface area contributed by atoms with Crippen molar-refractivity contribution in [3.8, 4) is 0 Å². The predicted octanol–water partition coefficient (Wildman–Crippen LogP) is 0.397. The van der Waals surface area contributed by atoms with E-state index in [4.69, 9.17) is 0 Å². The first-order valence-electron chi connectivity index (χ1n) is 5.19. The summed E-state index contributed by atoms with van der Waals surface area (Å²) in [5.74, 6) is -0.126. The van der Waals surface area contributed by atoms with Gasteiger partial charge in [0.05, 0.1) is 6.04 Å². The van der Waals surface area contributed by atoms with Gasteiger partial charge in [0.15, 0.2) is 0 Å². The highest BCUT2D eigenvalue weighted by Gasteiger charge is 2.15. The van der Waals surface area contributed by atoms with E-state index in [9.17, 15) is 4.79 Å². The van der Waals surface area contributed by atoms with Crippen molar-refractivity contribution in [2.45, 2.75) is 25.9 Å². The second-order valence-corrected chi connectivity index (χ2v) is 4.33. The predicted molar refractivity (Wildman–Crippen MR) is 61.1 cm³/mol. The van der Waals surface area contributed by atoms with Gasteiger partial charge in [-0.25, -0.2) is 9.67 Å². The molecule has 0 aromatic carbocycles. The van der Waals surface area contributed by atoms with E-state index in [1.54, 1.807) is 6.20 Å². The monoisotopic (exact) mass is 252 g/mol. The summed E-state index contributed by atoms with van der Waals surface area (Å²) >= 11 is 1.53. The number of hydrogen-bond acceptors (Lipinski definition) is 6. The molecule has 17 heavy (non-hydrogen) atoms. The summed E-state index contributed by atoms with van der Waals surface area (Å²) in [4.78, 5) is 15.9. The van der Waals surface area contributed by atoms with E-state index in [1.165, 1.54) is 22.3 Å². The molecular formula is C9H12N6OS. The lowest BCUT2D eigenvalue weighted by Crippen LogP contribution is -2.31. The molecule has 0 aliphatic carbocycles. The third-order valence-corrected chi connectivity index (χ3v) is 3.08. The van der Waals surface area contributed by atoms with Gasteiger partial charge in [-0.2, -0.15) is 0 Å². The number of hydrogen-bond donors (Lipinski definition) is 1. The topological polar surface area (TPSA) is 85.6 Å². The fraction of sp³-hybridized carbons (Fsp3) is 0.444. The van der Waals surface area contributed by atoms with Crippen LogP contribution in [0.2, 0.25) is 0 Å². The number of rotatable bonds is 5. The summed E-state index contributed by atoms with van der Waals surface area (Å²) in [5.41, 5.74) is 0. The molecule has 0 spiro atoms. The van der Waals surface area contributed by atoms with Gasteiger partial charge in [0.2, 0.25) is 5.91 Å². The largest absolute Gasteiger partial charge is 0.345 e. The molecule has 2 rings (SSSR count). The van der Waals surface area contributed by atoms with Crippen molar-refractivity contribution in [2.24, 2.45) is 0 Å². The smallest absolute Gasteiger partial charge is 0.242 e. The molecule has 90 valence electrons. The zero-order valence-corrected chi connectivity index (χ0v) is 10.1. The van der Waals surface area contributed by atoms with Gasteiger partial charge in [-0.1, -0.05) is 6.92 Å². The Morgan fingerprint density at radius 1 is 1.65 bits per heavy atom. The Morgan fingerprint density at radius 2 is 2.53 bits per heavy atom. The van der Waals surface area contributed by atoms with Crippen LogP contribution in [-0.2, 0) is 11.3 Å². The summed E-state index contributed by atoms with van der Waals surface area (Å²) < 4.78 is 1.38. The summed E-state index contributed by atoms with van der Waals surface area (Å²) in [5, 5.41) is 16.3. The number of nitrogens with zero attached hydrogens (tertiary/aromatic N) is 5. The third kappa shape index (κ3) is 3.06. The molecule has 0 aliphatic rings. The molecule has 0 radical (unpaired) electrons. The van der Waals surface area contributed by atoms with Crippen LogP contribution in [0.15, 0.2) is 17.9 Å². The molecule has 1 amide bonds. The van der Waals surface area contributed by atoms with Crippen molar-refractivity contribution in [1.29, 1.82) is 0 Å². The van der Waals surface area contributed by atoms with Crippen molar-refractivity contribution in [3.05, 3.63) is 22.9 Å². The Labute approximate surface area is 102 Å². The highest BCUT2D eigenvalue weighted by Crippen LogP contribution is 2.18. The molecule has 0 unspecified atom stereocenters. The number of thiazole rings is 1. The second-order valence-electron chi connectivity index (χ2n) is 3.41. The number of aromatic nitrogens is 5. The SMILES string of the molecule is CC[C@@H](NC(=O)Cn1cnnn1)c1nccs1. The van der Waals surface area contributed by atoms with E-state index < -0.39 is 0 Å². The zero-order valence-electron chi connectivity index (χ0n) is 9.28. The van der Waals surface area contributed by atoms with E-state index in [-0.39, 0.29) is 18.5 Å². The van der Waals surface area contributed by atoms with Crippen molar-refractivity contribution in [1.82, 2.24) is 30.5 Å². The zero-order chi connectivity index (χ0) is 12.1. The van der Waals surface area contributed by atoms with Crippen molar-refractivity contribution in [2.75, 3.05) is 0 Å². The average Bonchev–Trinajstić information content (AvgIpc) is 2.97. The van der Waals surface area contributed by atoms with Gasteiger partial charge >= 0.3 is 0 Å². The fourth-order valence-corrected chi connectivity index (χ4v) is 2.16. The van der Waals surface area contributed by atoms with Crippen LogP contribution in [0.3, 0.4) is 0 Å². The molecule has 0 saturated heterocycles. The minimum absolute atomic E-state index is 0.0426. The van der Waals surface area contributed by atoms with Crippen molar-refractivity contribution < 1.29 is 4.79 Å². The molecule has 1 N–H and O–H groups in total. The lowest BCUT2D eigenvalue weighted by molar-refractivity contribution is -0.122. The standard InChI is InChI=1S/C9H12N6OS/c1-2-7(9-10-3-4-17-9)12-8(16)5-15-6-11-13-14-15/h3-4,6-7H,2,5H2,1H3,(H,12,16)/t7-/m1/s1. The quantitative estimate of drug-likeness (QED) is 0.832. The highest BCUT2D eigenvalue weighted by molar-refractivity contribution is 7.09. The van der Waals surface area contributed by atoms with Gasteiger partial charge in [-0.15, -0.1) is 16.4 Å². The summed E-state index contributed by atoms with van der Waals surface area (Å²) in [6.45, 7) is 2.12. The van der Waals surface area contributed by atoms with E-state index in [0.717, 1.165) is 11.4 Å². The number of amides is 1. The minimum atomic E-state index is -0.126. The number of nitrogens with one attached hydrogen (secondary N) is 1. The molecule has 8 heteroatoms. The van der Waals surface area contributed by atoms with Crippen LogP contribution >= 0.6 is 11.3 Å². The minimum Gasteiger partial charge on any atom is -0.345 e. The maximum absolute atomic E-state index is 11.7. The summed E-state index contributed by atoms with van der Waals surface area (Å²) in [6, 6.07) is -0.0426. The average molecular weight is 252 g/mol. The Balaban J connectivity index is 1.93. The molecule has 0 fully saturated rings. The maximum Gasteiger partial charge on any atom is 0.242 e. The Kier molecular flexibility index (Phi) is 3.76. The fourth-order valence-electron chi connectivity index (χ4n) is 1.38. The van der Waals surface area contributed by atoms with E-state index >= 15 is 0 Å². The van der Waals surface area contributed by atoms with Gasteiger partial charge in [-0.3, -0.25) is 4.79 Å². The Bertz CT molecular complexity index is 454. The van der Waals surface area contributed by atoms with Crippen LogP contribution in [-0.4, -0.2) is 31.1 Å². The summed E-state index contributed by atoms with van der Waals surface area (Å²) in [6.07, 6.45) is 3.94. The second kappa shape index (κ2) is 5.48. The molecule has 0 saturated carbocycles. The molecular weight excluding hydrogens is 240 g/mol. The molecule has 7 nitrogen and oxygen atoms in total. The Morgan fingerprint density at radius 3 is 3.12 bits per heavy atom. The van der Waals surface area contributed by atoms with E-state index in [1.807, 2.05) is 12.3 Å². The number of carbonyl (C=O) groups is 1.